The van der Waals surface area contributed by atoms with Crippen LogP contribution in [0.4, 0.5) is 0 Å². The van der Waals surface area contributed by atoms with Crippen molar-refractivity contribution >= 4 is 16.7 Å². The van der Waals surface area contributed by atoms with Crippen LogP contribution in [0.1, 0.15) is 18.6 Å². The molecule has 0 amide bonds. The van der Waals surface area contributed by atoms with E-state index >= 15 is 0 Å². The number of aliphatic hydroxyl groups is 1. The molecule has 1 N–H and O–H groups in total. The van der Waals surface area contributed by atoms with Gasteiger partial charge in [0.2, 0.25) is 0 Å². The van der Waals surface area contributed by atoms with E-state index in [1.165, 1.54) is 7.11 Å². The van der Waals surface area contributed by atoms with Crippen LogP contribution in [0.25, 0.3) is 10.8 Å². The Morgan fingerprint density at radius 2 is 1.83 bits per heavy atom. The molecule has 0 unspecified atom stereocenters. The fraction of sp³-hybridized carbons (Fsp3) is 0.267. The molecule has 2 atom stereocenters. The van der Waals surface area contributed by atoms with Crippen LogP contribution in [0.15, 0.2) is 42.5 Å². The number of benzene rings is 2. The Morgan fingerprint density at radius 1 is 1.17 bits per heavy atom. The van der Waals surface area contributed by atoms with Crippen LogP contribution in [0.2, 0.25) is 0 Å². The number of methoxy groups -OCH3 is 1. The van der Waals surface area contributed by atoms with Crippen molar-refractivity contribution in [1.82, 2.24) is 0 Å². The molecule has 0 bridgehead atoms. The van der Waals surface area contributed by atoms with Gasteiger partial charge in [-0.1, -0.05) is 36.4 Å². The van der Waals surface area contributed by atoms with Gasteiger partial charge >= 0.3 is 5.97 Å². The fourth-order valence-electron chi connectivity index (χ4n) is 2.00. The van der Waals surface area contributed by atoms with Crippen molar-refractivity contribution in [1.29, 1.82) is 0 Å². The second-order valence-corrected chi connectivity index (χ2v) is 4.36. The fourth-order valence-corrected chi connectivity index (χ4v) is 2.00. The number of carbonyl (C=O) groups excluding carboxylic acids is 1. The molecule has 0 aliphatic carbocycles. The molecule has 2 aromatic rings. The Bertz CT molecular complexity index is 562. The number of hydrogen-bond donors (Lipinski definition) is 1. The van der Waals surface area contributed by atoms with E-state index in [0.29, 0.717) is 0 Å². The van der Waals surface area contributed by atoms with Crippen molar-refractivity contribution in [2.24, 2.45) is 5.92 Å². The molecule has 3 heteroatoms. The number of esters is 1. The molecule has 0 spiro atoms. The number of ether oxygens (including phenoxy) is 1. The van der Waals surface area contributed by atoms with Gasteiger partial charge in [-0.25, -0.2) is 0 Å². The third-order valence-corrected chi connectivity index (χ3v) is 3.16. The summed E-state index contributed by atoms with van der Waals surface area (Å²) in [6.45, 7) is 1.66. The highest BCUT2D eigenvalue weighted by atomic mass is 16.5. The van der Waals surface area contributed by atoms with Crippen LogP contribution in [0.5, 0.6) is 0 Å². The van der Waals surface area contributed by atoms with E-state index in [9.17, 15) is 9.90 Å². The predicted molar refractivity (Wildman–Crippen MR) is 70.1 cm³/mol. The van der Waals surface area contributed by atoms with Gasteiger partial charge in [0.1, 0.15) is 0 Å². The molecule has 0 heterocycles. The summed E-state index contributed by atoms with van der Waals surface area (Å²) in [7, 11) is 1.33. The Hall–Kier alpha value is -1.87. The highest BCUT2D eigenvalue weighted by Gasteiger charge is 2.24. The third-order valence-electron chi connectivity index (χ3n) is 3.16. The summed E-state index contributed by atoms with van der Waals surface area (Å²) in [6, 6.07) is 13.6. The van der Waals surface area contributed by atoms with E-state index in [1.54, 1.807) is 6.92 Å². The molecule has 2 aromatic carbocycles. The molecule has 18 heavy (non-hydrogen) atoms. The highest BCUT2D eigenvalue weighted by Crippen LogP contribution is 2.26. The summed E-state index contributed by atoms with van der Waals surface area (Å²) < 4.78 is 4.64. The van der Waals surface area contributed by atoms with Crippen molar-refractivity contribution in [3.05, 3.63) is 48.0 Å². The van der Waals surface area contributed by atoms with Crippen molar-refractivity contribution in [3.8, 4) is 0 Å². The molecule has 94 valence electrons. The van der Waals surface area contributed by atoms with Crippen LogP contribution in [0.3, 0.4) is 0 Å². The number of rotatable bonds is 3. The summed E-state index contributed by atoms with van der Waals surface area (Å²) in [5.41, 5.74) is 0.728. The standard InChI is InChI=1S/C15H16O3/c1-10(15(17)18-2)14(16)13-8-7-11-5-3-4-6-12(11)9-13/h3-10,14,16H,1-2H3/t10-,14-/m0/s1. The Labute approximate surface area is 106 Å². The van der Waals surface area contributed by atoms with Crippen molar-refractivity contribution in [2.75, 3.05) is 7.11 Å². The van der Waals surface area contributed by atoms with Crippen LogP contribution < -0.4 is 0 Å². The molecular weight excluding hydrogens is 228 g/mol. The zero-order chi connectivity index (χ0) is 13.1. The van der Waals surface area contributed by atoms with Gasteiger partial charge in [-0.15, -0.1) is 0 Å². The van der Waals surface area contributed by atoms with Crippen molar-refractivity contribution in [3.63, 3.8) is 0 Å². The zero-order valence-corrected chi connectivity index (χ0v) is 10.5. The summed E-state index contributed by atoms with van der Waals surface area (Å²) >= 11 is 0. The third kappa shape index (κ3) is 2.36. The van der Waals surface area contributed by atoms with Crippen molar-refractivity contribution < 1.29 is 14.6 Å². The first kappa shape index (κ1) is 12.6. The summed E-state index contributed by atoms with van der Waals surface area (Å²) in [5.74, 6) is -0.980. The minimum absolute atomic E-state index is 0.407. The number of carbonyl (C=O) groups is 1. The zero-order valence-electron chi connectivity index (χ0n) is 10.5. The Kier molecular flexibility index (Phi) is 3.63. The van der Waals surface area contributed by atoms with Gasteiger partial charge in [-0.05, 0) is 29.3 Å². The van der Waals surface area contributed by atoms with Gasteiger partial charge in [0.15, 0.2) is 0 Å². The number of fused-ring (bicyclic) bond motifs is 1. The lowest BCUT2D eigenvalue weighted by molar-refractivity contribution is -0.148. The maximum absolute atomic E-state index is 11.4. The second-order valence-electron chi connectivity index (χ2n) is 4.36. The van der Waals surface area contributed by atoms with E-state index < -0.39 is 18.0 Å². The minimum atomic E-state index is -0.845. The molecule has 0 aromatic heterocycles. The first-order chi connectivity index (χ1) is 8.63. The summed E-state index contributed by atoms with van der Waals surface area (Å²) in [6.07, 6.45) is -0.845. The largest absolute Gasteiger partial charge is 0.469 e. The first-order valence-electron chi connectivity index (χ1n) is 5.88. The van der Waals surface area contributed by atoms with Gasteiger partial charge in [-0.3, -0.25) is 4.79 Å². The maximum Gasteiger partial charge on any atom is 0.311 e. The smallest absolute Gasteiger partial charge is 0.311 e. The van der Waals surface area contributed by atoms with E-state index in [4.69, 9.17) is 0 Å². The Balaban J connectivity index is 2.33. The topological polar surface area (TPSA) is 46.5 Å². The van der Waals surface area contributed by atoms with Gasteiger partial charge in [0.25, 0.3) is 0 Å². The quantitative estimate of drug-likeness (QED) is 0.844. The average molecular weight is 244 g/mol. The summed E-state index contributed by atoms with van der Waals surface area (Å²) in [4.78, 5) is 11.4. The predicted octanol–water partition coefficient (Wildman–Crippen LogP) is 2.68. The molecule has 3 nitrogen and oxygen atoms in total. The van der Waals surface area contributed by atoms with Crippen LogP contribution in [-0.2, 0) is 9.53 Å². The lowest BCUT2D eigenvalue weighted by Crippen LogP contribution is -2.20. The Morgan fingerprint density at radius 3 is 2.50 bits per heavy atom. The van der Waals surface area contributed by atoms with Crippen LogP contribution >= 0.6 is 0 Å². The van der Waals surface area contributed by atoms with E-state index in [0.717, 1.165) is 16.3 Å². The first-order valence-corrected chi connectivity index (χ1v) is 5.88. The number of aliphatic hydroxyl groups excluding tert-OH is 1. The lowest BCUT2D eigenvalue weighted by atomic mass is 9.95. The SMILES string of the molecule is COC(=O)[C@@H](C)[C@H](O)c1ccc2ccccc2c1. The van der Waals surface area contributed by atoms with Gasteiger partial charge in [-0.2, -0.15) is 0 Å². The minimum Gasteiger partial charge on any atom is -0.469 e. The van der Waals surface area contributed by atoms with Crippen LogP contribution in [0, 0.1) is 5.92 Å². The maximum atomic E-state index is 11.4. The molecule has 0 saturated carbocycles. The van der Waals surface area contributed by atoms with Crippen molar-refractivity contribution in [2.45, 2.75) is 13.0 Å². The highest BCUT2D eigenvalue weighted by molar-refractivity contribution is 5.83. The van der Waals surface area contributed by atoms with E-state index in [-0.39, 0.29) is 0 Å². The van der Waals surface area contributed by atoms with E-state index in [1.807, 2.05) is 42.5 Å². The molecule has 2 rings (SSSR count). The van der Waals surface area contributed by atoms with Gasteiger partial charge < -0.3 is 9.84 Å². The molecule has 0 saturated heterocycles. The van der Waals surface area contributed by atoms with E-state index in [2.05, 4.69) is 4.74 Å². The van der Waals surface area contributed by atoms with Crippen LogP contribution in [-0.4, -0.2) is 18.2 Å². The summed E-state index contributed by atoms with van der Waals surface area (Å²) in [5, 5.41) is 12.3. The molecule has 0 aliphatic rings. The average Bonchev–Trinajstić information content (AvgIpc) is 2.44. The number of hydrogen-bond acceptors (Lipinski definition) is 3. The molecular formula is C15H16O3. The van der Waals surface area contributed by atoms with Gasteiger partial charge in [0, 0.05) is 0 Å². The normalized spacial score (nSPS) is 14.2. The second kappa shape index (κ2) is 5.19. The lowest BCUT2D eigenvalue weighted by Gasteiger charge is -2.17. The molecule has 0 radical (unpaired) electrons. The molecule has 0 aliphatic heterocycles. The van der Waals surface area contributed by atoms with Gasteiger partial charge in [0.05, 0.1) is 19.1 Å². The monoisotopic (exact) mass is 244 g/mol. The molecule has 0 fully saturated rings.